The molecule has 0 N–H and O–H groups in total. The number of carbonyl (C=O) groups excluding carboxylic acids is 3. The van der Waals surface area contributed by atoms with Gasteiger partial charge in [-0.25, -0.2) is 4.79 Å². The second kappa shape index (κ2) is 12.2. The minimum absolute atomic E-state index is 0.0313. The van der Waals surface area contributed by atoms with Gasteiger partial charge < -0.3 is 14.2 Å². The summed E-state index contributed by atoms with van der Waals surface area (Å²) in [7, 11) is 0. The average Bonchev–Trinajstić information content (AvgIpc) is 2.46. The predicted molar refractivity (Wildman–Crippen MR) is 71.8 cm³/mol. The summed E-state index contributed by atoms with van der Waals surface area (Å²) < 4.78 is 14.4. The Hall–Kier alpha value is -1.85. The Labute approximate surface area is 119 Å². The van der Waals surface area contributed by atoms with Gasteiger partial charge in [-0.15, -0.1) is 0 Å². The standard InChI is InChI=1S/C14H22O6/c1-3-12(15)18-9-7-5-6-8-14(17)20-11-10-19-13(16)4-2/h4H,2-3,5-11H2,1H3. The van der Waals surface area contributed by atoms with Crippen LogP contribution in [0.2, 0.25) is 0 Å². The van der Waals surface area contributed by atoms with E-state index in [9.17, 15) is 14.4 Å². The summed E-state index contributed by atoms with van der Waals surface area (Å²) in [4.78, 5) is 32.8. The molecule has 0 bridgehead atoms. The van der Waals surface area contributed by atoms with Gasteiger partial charge in [-0.1, -0.05) is 13.5 Å². The van der Waals surface area contributed by atoms with E-state index in [1.807, 2.05) is 0 Å². The molecule has 0 aliphatic rings. The summed E-state index contributed by atoms with van der Waals surface area (Å²) in [6, 6.07) is 0. The first-order chi connectivity index (χ1) is 9.60. The molecule has 6 heteroatoms. The predicted octanol–water partition coefficient (Wildman–Crippen LogP) is 1.77. The van der Waals surface area contributed by atoms with E-state index in [4.69, 9.17) is 9.47 Å². The molecule has 0 aromatic rings. The molecule has 114 valence electrons. The fourth-order valence-electron chi connectivity index (χ4n) is 1.27. The smallest absolute Gasteiger partial charge is 0.330 e. The van der Waals surface area contributed by atoms with Gasteiger partial charge in [0.05, 0.1) is 6.61 Å². The number of rotatable bonds is 11. The first-order valence-electron chi connectivity index (χ1n) is 6.70. The van der Waals surface area contributed by atoms with Crippen LogP contribution in [0, 0.1) is 0 Å². The van der Waals surface area contributed by atoms with E-state index in [-0.39, 0.29) is 25.2 Å². The Morgan fingerprint density at radius 3 is 2.20 bits per heavy atom. The van der Waals surface area contributed by atoms with Crippen molar-refractivity contribution in [1.82, 2.24) is 0 Å². The Balaban J connectivity index is 3.34. The Morgan fingerprint density at radius 1 is 0.900 bits per heavy atom. The van der Waals surface area contributed by atoms with Crippen LogP contribution in [0.3, 0.4) is 0 Å². The molecule has 0 aromatic carbocycles. The maximum absolute atomic E-state index is 11.3. The highest BCUT2D eigenvalue weighted by Crippen LogP contribution is 2.02. The van der Waals surface area contributed by atoms with E-state index in [1.54, 1.807) is 6.92 Å². The van der Waals surface area contributed by atoms with Crippen LogP contribution in [0.4, 0.5) is 0 Å². The van der Waals surface area contributed by atoms with Crippen molar-refractivity contribution in [3.8, 4) is 0 Å². The Bertz CT molecular complexity index is 324. The number of esters is 3. The molecule has 0 amide bonds. The molecule has 0 fully saturated rings. The quantitative estimate of drug-likeness (QED) is 0.249. The van der Waals surface area contributed by atoms with E-state index >= 15 is 0 Å². The zero-order valence-electron chi connectivity index (χ0n) is 11.9. The van der Waals surface area contributed by atoms with Crippen molar-refractivity contribution in [1.29, 1.82) is 0 Å². The lowest BCUT2D eigenvalue weighted by Crippen LogP contribution is -2.12. The molecule has 0 saturated heterocycles. The topological polar surface area (TPSA) is 78.9 Å². The third-order valence-corrected chi connectivity index (χ3v) is 2.33. The highest BCUT2D eigenvalue weighted by molar-refractivity contribution is 5.81. The maximum atomic E-state index is 11.3. The summed E-state index contributed by atoms with van der Waals surface area (Å²) in [5.74, 6) is -1.08. The van der Waals surface area contributed by atoms with Crippen LogP contribution in [-0.4, -0.2) is 37.7 Å². The summed E-state index contributed by atoms with van der Waals surface area (Å²) in [5.41, 5.74) is 0. The third kappa shape index (κ3) is 11.3. The zero-order valence-corrected chi connectivity index (χ0v) is 11.9. The Kier molecular flexibility index (Phi) is 11.1. The van der Waals surface area contributed by atoms with Gasteiger partial charge in [-0.05, 0) is 19.3 Å². The number of ether oxygens (including phenoxy) is 3. The van der Waals surface area contributed by atoms with E-state index in [1.165, 1.54) is 0 Å². The highest BCUT2D eigenvalue weighted by Gasteiger charge is 2.04. The van der Waals surface area contributed by atoms with E-state index < -0.39 is 5.97 Å². The molecule has 0 aromatic heterocycles. The first kappa shape index (κ1) is 18.1. The van der Waals surface area contributed by atoms with E-state index in [0.717, 1.165) is 18.9 Å². The molecule has 6 nitrogen and oxygen atoms in total. The van der Waals surface area contributed by atoms with Gasteiger partial charge in [0, 0.05) is 18.9 Å². The van der Waals surface area contributed by atoms with Crippen LogP contribution < -0.4 is 0 Å². The number of unbranched alkanes of at least 4 members (excludes halogenated alkanes) is 2. The van der Waals surface area contributed by atoms with Gasteiger partial charge in [0.15, 0.2) is 0 Å². The minimum atomic E-state index is -0.539. The summed E-state index contributed by atoms with van der Waals surface area (Å²) in [6.07, 6.45) is 3.93. The molecule has 20 heavy (non-hydrogen) atoms. The monoisotopic (exact) mass is 286 g/mol. The minimum Gasteiger partial charge on any atom is -0.466 e. The van der Waals surface area contributed by atoms with E-state index in [0.29, 0.717) is 25.9 Å². The van der Waals surface area contributed by atoms with Crippen LogP contribution in [0.15, 0.2) is 12.7 Å². The molecule has 0 saturated carbocycles. The normalized spacial score (nSPS) is 9.65. The van der Waals surface area contributed by atoms with Gasteiger partial charge in [0.2, 0.25) is 0 Å². The molecular formula is C14H22O6. The number of carbonyl (C=O) groups is 3. The Morgan fingerprint density at radius 2 is 1.55 bits per heavy atom. The van der Waals surface area contributed by atoms with Crippen molar-refractivity contribution in [2.45, 2.75) is 39.0 Å². The van der Waals surface area contributed by atoms with Crippen molar-refractivity contribution in [2.75, 3.05) is 19.8 Å². The molecule has 0 spiro atoms. The van der Waals surface area contributed by atoms with Gasteiger partial charge >= 0.3 is 17.9 Å². The van der Waals surface area contributed by atoms with Gasteiger partial charge in [0.25, 0.3) is 0 Å². The molecule has 0 aliphatic carbocycles. The molecule has 0 atom stereocenters. The summed E-state index contributed by atoms with van der Waals surface area (Å²) in [6.45, 7) is 5.45. The van der Waals surface area contributed by atoms with Crippen LogP contribution >= 0.6 is 0 Å². The molecule has 0 heterocycles. The molecule has 0 radical (unpaired) electrons. The number of hydrogen-bond donors (Lipinski definition) is 0. The molecule has 0 unspecified atom stereocenters. The lowest BCUT2D eigenvalue weighted by Gasteiger charge is -2.05. The second-order valence-electron chi connectivity index (χ2n) is 3.98. The maximum Gasteiger partial charge on any atom is 0.330 e. The highest BCUT2D eigenvalue weighted by atomic mass is 16.6. The SMILES string of the molecule is C=CC(=O)OCCOC(=O)CCCCCOC(=O)CC. The average molecular weight is 286 g/mol. The van der Waals surface area contributed by atoms with E-state index in [2.05, 4.69) is 11.3 Å². The summed E-state index contributed by atoms with van der Waals surface area (Å²) in [5, 5.41) is 0. The van der Waals surface area contributed by atoms with Crippen molar-refractivity contribution < 1.29 is 28.6 Å². The third-order valence-electron chi connectivity index (χ3n) is 2.33. The lowest BCUT2D eigenvalue weighted by molar-refractivity contribution is -0.149. The van der Waals surface area contributed by atoms with Crippen molar-refractivity contribution >= 4 is 17.9 Å². The number of hydrogen-bond acceptors (Lipinski definition) is 6. The van der Waals surface area contributed by atoms with Gasteiger partial charge in [0.1, 0.15) is 13.2 Å². The first-order valence-corrected chi connectivity index (χ1v) is 6.70. The zero-order chi connectivity index (χ0) is 15.2. The molecule has 0 aliphatic heterocycles. The van der Waals surface area contributed by atoms with Crippen LogP contribution in [0.25, 0.3) is 0 Å². The second-order valence-corrected chi connectivity index (χ2v) is 3.98. The van der Waals surface area contributed by atoms with Gasteiger partial charge in [-0.3, -0.25) is 9.59 Å². The van der Waals surface area contributed by atoms with Gasteiger partial charge in [-0.2, -0.15) is 0 Å². The largest absolute Gasteiger partial charge is 0.466 e. The molecular weight excluding hydrogens is 264 g/mol. The molecule has 0 rings (SSSR count). The lowest BCUT2D eigenvalue weighted by atomic mass is 10.2. The fourth-order valence-corrected chi connectivity index (χ4v) is 1.27. The fraction of sp³-hybridized carbons (Fsp3) is 0.643. The van der Waals surface area contributed by atoms with Crippen molar-refractivity contribution in [2.24, 2.45) is 0 Å². The van der Waals surface area contributed by atoms with Crippen LogP contribution in [-0.2, 0) is 28.6 Å². The van der Waals surface area contributed by atoms with Crippen molar-refractivity contribution in [3.63, 3.8) is 0 Å². The summed E-state index contributed by atoms with van der Waals surface area (Å²) >= 11 is 0. The van der Waals surface area contributed by atoms with Crippen LogP contribution in [0.5, 0.6) is 0 Å². The van der Waals surface area contributed by atoms with Crippen LogP contribution in [0.1, 0.15) is 39.0 Å². The van der Waals surface area contributed by atoms with Crippen molar-refractivity contribution in [3.05, 3.63) is 12.7 Å².